The summed E-state index contributed by atoms with van der Waals surface area (Å²) in [6.07, 6.45) is 3.17. The van der Waals surface area contributed by atoms with E-state index in [1.54, 1.807) is 28.9 Å². The smallest absolute Gasteiger partial charge is 0.263 e. The first-order chi connectivity index (χ1) is 13.7. The second-order valence-corrected chi connectivity index (χ2v) is 6.70. The Kier molecular flexibility index (Phi) is 5.06. The van der Waals surface area contributed by atoms with Gasteiger partial charge in [0.1, 0.15) is 5.39 Å². The van der Waals surface area contributed by atoms with Crippen molar-refractivity contribution in [1.29, 1.82) is 5.26 Å². The summed E-state index contributed by atoms with van der Waals surface area (Å²) in [5.74, 6) is 0.259. The average molecular weight is 380 g/mol. The first-order valence-corrected chi connectivity index (χ1v) is 9.12. The van der Waals surface area contributed by atoms with Gasteiger partial charge in [0.05, 0.1) is 36.5 Å². The third-order valence-electron chi connectivity index (χ3n) is 4.94. The van der Waals surface area contributed by atoms with E-state index in [0.717, 1.165) is 18.4 Å². The minimum atomic E-state index is -0.479. The highest BCUT2D eigenvalue weighted by Gasteiger charge is 2.21. The lowest BCUT2D eigenvalue weighted by atomic mass is 10.1. The van der Waals surface area contributed by atoms with E-state index in [1.807, 2.05) is 0 Å². The number of aromatic amines is 1. The molecule has 1 fully saturated rings. The molecule has 144 valence electrons. The molecule has 0 aliphatic carbocycles. The van der Waals surface area contributed by atoms with Crippen LogP contribution in [0.1, 0.15) is 36.1 Å². The summed E-state index contributed by atoms with van der Waals surface area (Å²) in [6.45, 7) is 1.12. The van der Waals surface area contributed by atoms with Crippen molar-refractivity contribution in [3.8, 4) is 6.07 Å². The Morgan fingerprint density at radius 1 is 1.36 bits per heavy atom. The molecule has 0 bridgehead atoms. The Morgan fingerprint density at radius 3 is 2.79 bits per heavy atom. The van der Waals surface area contributed by atoms with Crippen LogP contribution < -0.4 is 10.9 Å². The quantitative estimate of drug-likeness (QED) is 0.611. The highest BCUT2D eigenvalue weighted by atomic mass is 16.5. The molecule has 4 rings (SSSR count). The van der Waals surface area contributed by atoms with Crippen LogP contribution in [0.4, 0.5) is 5.95 Å². The Hall–Kier alpha value is -3.22. The van der Waals surface area contributed by atoms with E-state index in [4.69, 9.17) is 10.00 Å². The summed E-state index contributed by atoms with van der Waals surface area (Å²) in [5.41, 5.74) is 1.54. The van der Waals surface area contributed by atoms with Crippen molar-refractivity contribution in [3.63, 3.8) is 0 Å². The van der Waals surface area contributed by atoms with E-state index in [-0.39, 0.29) is 24.2 Å². The number of nitrogens with zero attached hydrogens (tertiary/aromatic N) is 4. The first-order valence-electron chi connectivity index (χ1n) is 9.12. The van der Waals surface area contributed by atoms with Crippen LogP contribution >= 0.6 is 0 Å². The Morgan fingerprint density at radius 2 is 2.11 bits per heavy atom. The van der Waals surface area contributed by atoms with E-state index in [9.17, 15) is 9.90 Å². The standard InChI is InChI=1S/C19H20N6O3/c20-9-12-1-3-13(4-2-12)16(11-26)22-19-23-17-15(18(27)24-19)10-21-25(17)14-5-7-28-8-6-14/h1-4,10,14,16,26H,5-8,11H2,(H2,22,23,24,27). The molecule has 0 radical (unpaired) electrons. The monoisotopic (exact) mass is 380 g/mol. The van der Waals surface area contributed by atoms with Gasteiger partial charge in [0.25, 0.3) is 5.56 Å². The van der Waals surface area contributed by atoms with Crippen molar-refractivity contribution in [3.05, 3.63) is 51.9 Å². The molecule has 1 unspecified atom stereocenters. The zero-order valence-corrected chi connectivity index (χ0v) is 15.1. The number of ether oxygens (including phenoxy) is 1. The zero-order valence-electron chi connectivity index (χ0n) is 15.1. The number of aliphatic hydroxyl groups excluding tert-OH is 1. The molecule has 3 aromatic rings. The van der Waals surface area contributed by atoms with Crippen molar-refractivity contribution in [1.82, 2.24) is 19.7 Å². The van der Waals surface area contributed by atoms with E-state index in [0.29, 0.717) is 29.8 Å². The fourth-order valence-electron chi connectivity index (χ4n) is 3.39. The van der Waals surface area contributed by atoms with Crippen LogP contribution in [0.3, 0.4) is 0 Å². The molecule has 1 aromatic carbocycles. The van der Waals surface area contributed by atoms with Gasteiger partial charge in [-0.15, -0.1) is 0 Å². The lowest BCUT2D eigenvalue weighted by Crippen LogP contribution is -2.22. The lowest BCUT2D eigenvalue weighted by Gasteiger charge is -2.23. The van der Waals surface area contributed by atoms with Gasteiger partial charge in [0.2, 0.25) is 5.95 Å². The molecule has 1 aliphatic rings. The highest BCUT2D eigenvalue weighted by molar-refractivity contribution is 5.74. The molecular weight excluding hydrogens is 360 g/mol. The van der Waals surface area contributed by atoms with Crippen molar-refractivity contribution >= 4 is 17.0 Å². The van der Waals surface area contributed by atoms with Crippen LogP contribution in [0, 0.1) is 11.3 Å². The lowest BCUT2D eigenvalue weighted by molar-refractivity contribution is 0.0673. The summed E-state index contributed by atoms with van der Waals surface area (Å²) in [7, 11) is 0. The minimum absolute atomic E-state index is 0.139. The molecule has 1 atom stereocenters. The van der Waals surface area contributed by atoms with Gasteiger partial charge in [0.15, 0.2) is 5.65 Å². The number of hydrogen-bond acceptors (Lipinski definition) is 7. The van der Waals surface area contributed by atoms with Gasteiger partial charge >= 0.3 is 0 Å². The fraction of sp³-hybridized carbons (Fsp3) is 0.368. The molecule has 2 aromatic heterocycles. The van der Waals surface area contributed by atoms with Crippen LogP contribution in [-0.4, -0.2) is 44.7 Å². The van der Waals surface area contributed by atoms with Crippen molar-refractivity contribution in [2.45, 2.75) is 24.9 Å². The summed E-state index contributed by atoms with van der Waals surface area (Å²) in [6, 6.07) is 8.60. The normalized spacial score (nSPS) is 16.0. The topological polar surface area (TPSA) is 129 Å². The first kappa shape index (κ1) is 18.2. The SMILES string of the molecule is N#Cc1ccc(C(CO)Nc2nc3c(cnn3C3CCOCC3)c(=O)[nH]2)cc1. The molecule has 0 spiro atoms. The van der Waals surface area contributed by atoms with E-state index < -0.39 is 6.04 Å². The Balaban J connectivity index is 1.65. The van der Waals surface area contributed by atoms with Gasteiger partial charge in [-0.2, -0.15) is 15.3 Å². The predicted octanol–water partition coefficient (Wildman–Crippen LogP) is 1.49. The molecule has 28 heavy (non-hydrogen) atoms. The number of fused-ring (bicyclic) bond motifs is 1. The van der Waals surface area contributed by atoms with Crippen LogP contribution in [0.5, 0.6) is 0 Å². The van der Waals surface area contributed by atoms with Crippen molar-refractivity contribution in [2.24, 2.45) is 0 Å². The number of nitriles is 1. The predicted molar refractivity (Wildman–Crippen MR) is 102 cm³/mol. The molecule has 3 N–H and O–H groups in total. The summed E-state index contributed by atoms with van der Waals surface area (Å²) in [4.78, 5) is 19.7. The van der Waals surface area contributed by atoms with Gasteiger partial charge in [0, 0.05) is 13.2 Å². The fourth-order valence-corrected chi connectivity index (χ4v) is 3.39. The van der Waals surface area contributed by atoms with Crippen LogP contribution in [0.2, 0.25) is 0 Å². The number of aliphatic hydroxyl groups is 1. The number of anilines is 1. The summed E-state index contributed by atoms with van der Waals surface area (Å²) < 4.78 is 7.19. The molecule has 1 saturated heterocycles. The van der Waals surface area contributed by atoms with Crippen LogP contribution in [0.15, 0.2) is 35.3 Å². The number of aromatic nitrogens is 4. The molecular formula is C19H20N6O3. The summed E-state index contributed by atoms with van der Waals surface area (Å²) in [5, 5.41) is 26.6. The second-order valence-electron chi connectivity index (χ2n) is 6.70. The average Bonchev–Trinajstić information content (AvgIpc) is 3.17. The molecule has 9 heteroatoms. The minimum Gasteiger partial charge on any atom is -0.394 e. The van der Waals surface area contributed by atoms with E-state index in [1.165, 1.54) is 6.20 Å². The Bertz CT molecular complexity index is 1060. The van der Waals surface area contributed by atoms with Gasteiger partial charge < -0.3 is 15.2 Å². The number of H-pyrrole nitrogens is 1. The highest BCUT2D eigenvalue weighted by Crippen LogP contribution is 2.24. The number of hydrogen-bond donors (Lipinski definition) is 3. The van der Waals surface area contributed by atoms with E-state index in [2.05, 4.69) is 26.5 Å². The molecule has 9 nitrogen and oxygen atoms in total. The maximum absolute atomic E-state index is 12.5. The van der Waals surface area contributed by atoms with Crippen LogP contribution in [-0.2, 0) is 4.74 Å². The molecule has 1 aliphatic heterocycles. The van der Waals surface area contributed by atoms with Crippen molar-refractivity contribution < 1.29 is 9.84 Å². The summed E-state index contributed by atoms with van der Waals surface area (Å²) >= 11 is 0. The van der Waals surface area contributed by atoms with Crippen LogP contribution in [0.25, 0.3) is 11.0 Å². The van der Waals surface area contributed by atoms with E-state index >= 15 is 0 Å². The zero-order chi connectivity index (χ0) is 19.5. The third kappa shape index (κ3) is 3.47. The second kappa shape index (κ2) is 7.80. The molecule has 0 amide bonds. The largest absolute Gasteiger partial charge is 0.394 e. The van der Waals surface area contributed by atoms with Gasteiger partial charge in [-0.05, 0) is 30.5 Å². The molecule has 0 saturated carbocycles. The maximum atomic E-state index is 12.5. The maximum Gasteiger partial charge on any atom is 0.263 e. The van der Waals surface area contributed by atoms with Gasteiger partial charge in [-0.25, -0.2) is 4.68 Å². The number of nitrogens with one attached hydrogen (secondary N) is 2. The van der Waals surface area contributed by atoms with Gasteiger partial charge in [-0.1, -0.05) is 12.1 Å². The van der Waals surface area contributed by atoms with Gasteiger partial charge in [-0.3, -0.25) is 9.78 Å². The Labute approximate surface area is 160 Å². The molecule has 3 heterocycles. The number of rotatable bonds is 5. The number of benzene rings is 1. The third-order valence-corrected chi connectivity index (χ3v) is 4.94. The van der Waals surface area contributed by atoms with Crippen molar-refractivity contribution in [2.75, 3.05) is 25.1 Å².